The second-order valence-corrected chi connectivity index (χ2v) is 6.74. The summed E-state index contributed by atoms with van der Waals surface area (Å²) in [4.78, 5) is 28.3. The molecule has 1 aliphatic carbocycles. The number of nitrogens with two attached hydrogens (primary N) is 1. The predicted molar refractivity (Wildman–Crippen MR) is 78.0 cm³/mol. The highest BCUT2D eigenvalue weighted by molar-refractivity contribution is 5.91. The van der Waals surface area contributed by atoms with Crippen molar-refractivity contribution in [2.75, 3.05) is 20.1 Å². The van der Waals surface area contributed by atoms with Crippen LogP contribution in [0.15, 0.2) is 0 Å². The molecular formula is C15H27N3O2. The molecule has 0 aromatic heterocycles. The summed E-state index contributed by atoms with van der Waals surface area (Å²) in [6.07, 6.45) is 4.88. The van der Waals surface area contributed by atoms with E-state index in [2.05, 4.69) is 0 Å². The predicted octanol–water partition coefficient (Wildman–Crippen LogP) is 0.973. The Labute approximate surface area is 121 Å². The van der Waals surface area contributed by atoms with Gasteiger partial charge in [-0.15, -0.1) is 0 Å². The van der Waals surface area contributed by atoms with E-state index in [1.165, 1.54) is 6.42 Å². The lowest BCUT2D eigenvalue weighted by molar-refractivity contribution is -0.157. The Kier molecular flexibility index (Phi) is 4.37. The zero-order valence-corrected chi connectivity index (χ0v) is 12.9. The van der Waals surface area contributed by atoms with E-state index >= 15 is 0 Å². The van der Waals surface area contributed by atoms with Crippen molar-refractivity contribution >= 4 is 11.8 Å². The molecule has 2 atom stereocenters. The summed E-state index contributed by atoms with van der Waals surface area (Å²) in [5, 5.41) is 0. The molecule has 0 radical (unpaired) electrons. The second kappa shape index (κ2) is 5.72. The Balaban J connectivity index is 2.03. The fraction of sp³-hybridized carbons (Fsp3) is 0.867. The molecule has 2 amide bonds. The third-order valence-corrected chi connectivity index (χ3v) is 4.91. The van der Waals surface area contributed by atoms with Gasteiger partial charge in [-0.3, -0.25) is 9.59 Å². The molecule has 5 nitrogen and oxygen atoms in total. The lowest BCUT2D eigenvalue weighted by atomic mass is 9.82. The van der Waals surface area contributed by atoms with Crippen molar-refractivity contribution in [3.05, 3.63) is 0 Å². The maximum absolute atomic E-state index is 12.6. The Morgan fingerprint density at radius 2 is 1.95 bits per heavy atom. The third kappa shape index (κ3) is 2.82. The summed E-state index contributed by atoms with van der Waals surface area (Å²) in [7, 11) is 1.79. The van der Waals surface area contributed by atoms with Crippen molar-refractivity contribution < 1.29 is 9.59 Å². The molecule has 2 unspecified atom stereocenters. The van der Waals surface area contributed by atoms with Crippen LogP contribution in [0.4, 0.5) is 0 Å². The molecule has 2 aliphatic rings. The number of carbonyl (C=O) groups excluding carboxylic acids is 2. The molecule has 0 aromatic carbocycles. The summed E-state index contributed by atoms with van der Waals surface area (Å²) < 4.78 is 0. The molecule has 0 spiro atoms. The van der Waals surface area contributed by atoms with E-state index in [9.17, 15) is 9.59 Å². The highest BCUT2D eigenvalue weighted by Crippen LogP contribution is 2.29. The van der Waals surface area contributed by atoms with Crippen LogP contribution >= 0.6 is 0 Å². The van der Waals surface area contributed by atoms with Gasteiger partial charge in [0.1, 0.15) is 5.54 Å². The van der Waals surface area contributed by atoms with Crippen molar-refractivity contribution in [3.63, 3.8) is 0 Å². The lowest BCUT2D eigenvalue weighted by Crippen LogP contribution is -2.63. The van der Waals surface area contributed by atoms with Crippen LogP contribution in [0.5, 0.6) is 0 Å². The molecule has 1 saturated carbocycles. The molecule has 114 valence electrons. The molecule has 1 heterocycles. The lowest BCUT2D eigenvalue weighted by Gasteiger charge is -2.45. The van der Waals surface area contributed by atoms with Gasteiger partial charge in [0, 0.05) is 32.6 Å². The first-order valence-electron chi connectivity index (χ1n) is 7.65. The third-order valence-electron chi connectivity index (χ3n) is 4.91. The molecule has 20 heavy (non-hydrogen) atoms. The first kappa shape index (κ1) is 15.3. The van der Waals surface area contributed by atoms with Crippen molar-refractivity contribution in [1.82, 2.24) is 9.80 Å². The molecule has 2 rings (SSSR count). The number of nitrogens with zero attached hydrogens (tertiary/aromatic N) is 2. The van der Waals surface area contributed by atoms with Crippen LogP contribution in [-0.2, 0) is 9.59 Å². The van der Waals surface area contributed by atoms with Crippen LogP contribution in [0.25, 0.3) is 0 Å². The van der Waals surface area contributed by atoms with Gasteiger partial charge in [0.25, 0.3) is 0 Å². The van der Waals surface area contributed by atoms with Gasteiger partial charge >= 0.3 is 0 Å². The Morgan fingerprint density at radius 1 is 1.30 bits per heavy atom. The highest BCUT2D eigenvalue weighted by atomic mass is 16.2. The van der Waals surface area contributed by atoms with E-state index in [-0.39, 0.29) is 23.8 Å². The average molecular weight is 281 g/mol. The molecule has 0 aromatic rings. The number of hydrogen-bond acceptors (Lipinski definition) is 3. The maximum atomic E-state index is 12.6. The van der Waals surface area contributed by atoms with Crippen LogP contribution in [0.2, 0.25) is 0 Å². The van der Waals surface area contributed by atoms with E-state index in [0.29, 0.717) is 19.5 Å². The van der Waals surface area contributed by atoms with Crippen LogP contribution in [0, 0.1) is 5.92 Å². The minimum absolute atomic E-state index is 0.0186. The number of rotatable bonds is 2. The van der Waals surface area contributed by atoms with Gasteiger partial charge in [-0.05, 0) is 32.6 Å². The Bertz CT molecular complexity index is 395. The van der Waals surface area contributed by atoms with E-state index < -0.39 is 5.54 Å². The number of piperazine rings is 1. The van der Waals surface area contributed by atoms with E-state index in [4.69, 9.17) is 5.73 Å². The Hall–Kier alpha value is -1.10. The maximum Gasteiger partial charge on any atom is 0.247 e. The number of likely N-dealkylation sites (N-methyl/N-ethyl adjacent to an activating group) is 1. The van der Waals surface area contributed by atoms with Crippen molar-refractivity contribution in [3.8, 4) is 0 Å². The fourth-order valence-electron chi connectivity index (χ4n) is 3.47. The van der Waals surface area contributed by atoms with Gasteiger partial charge in [-0.25, -0.2) is 0 Å². The van der Waals surface area contributed by atoms with Gasteiger partial charge in [0.05, 0.1) is 0 Å². The van der Waals surface area contributed by atoms with Crippen LogP contribution in [-0.4, -0.2) is 53.3 Å². The monoisotopic (exact) mass is 281 g/mol. The SMILES string of the molecule is CN1CCN(C(=O)CC2CCCCC2N)C(C)(C)C1=O. The highest BCUT2D eigenvalue weighted by Gasteiger charge is 2.43. The van der Waals surface area contributed by atoms with E-state index in [1.54, 1.807) is 16.8 Å². The van der Waals surface area contributed by atoms with Gasteiger partial charge in [-0.2, -0.15) is 0 Å². The molecule has 0 bridgehead atoms. The normalized spacial score (nSPS) is 30.5. The van der Waals surface area contributed by atoms with Gasteiger partial charge in [-0.1, -0.05) is 12.8 Å². The largest absolute Gasteiger partial charge is 0.342 e. The van der Waals surface area contributed by atoms with Gasteiger partial charge in [0.2, 0.25) is 11.8 Å². The van der Waals surface area contributed by atoms with Crippen molar-refractivity contribution in [2.24, 2.45) is 11.7 Å². The molecule has 5 heteroatoms. The molecular weight excluding hydrogens is 254 g/mol. The van der Waals surface area contributed by atoms with Crippen molar-refractivity contribution in [2.45, 2.75) is 57.5 Å². The molecule has 1 aliphatic heterocycles. The molecule has 2 N–H and O–H groups in total. The quantitative estimate of drug-likeness (QED) is 0.820. The Morgan fingerprint density at radius 3 is 2.60 bits per heavy atom. The number of amides is 2. The van der Waals surface area contributed by atoms with Crippen molar-refractivity contribution in [1.29, 1.82) is 0 Å². The number of hydrogen-bond donors (Lipinski definition) is 1. The van der Waals surface area contributed by atoms with Crippen LogP contribution in [0.3, 0.4) is 0 Å². The van der Waals surface area contributed by atoms with E-state index in [1.807, 2.05) is 13.8 Å². The smallest absolute Gasteiger partial charge is 0.247 e. The summed E-state index contributed by atoms with van der Waals surface area (Å²) in [6.45, 7) is 4.91. The standard InChI is InChI=1S/C15H27N3O2/c1-15(2)14(20)17(3)8-9-18(15)13(19)10-11-6-4-5-7-12(11)16/h11-12H,4-10,16H2,1-3H3. The summed E-state index contributed by atoms with van der Waals surface area (Å²) in [5.41, 5.74) is 5.39. The van der Waals surface area contributed by atoms with Gasteiger partial charge in [0.15, 0.2) is 0 Å². The first-order chi connectivity index (χ1) is 9.34. The van der Waals surface area contributed by atoms with E-state index in [0.717, 1.165) is 19.3 Å². The minimum atomic E-state index is -0.733. The first-order valence-corrected chi connectivity index (χ1v) is 7.65. The van der Waals surface area contributed by atoms with Gasteiger partial charge < -0.3 is 15.5 Å². The summed E-state index contributed by atoms with van der Waals surface area (Å²) in [5.74, 6) is 0.380. The zero-order chi connectivity index (χ0) is 14.9. The fourth-order valence-corrected chi connectivity index (χ4v) is 3.47. The second-order valence-electron chi connectivity index (χ2n) is 6.74. The molecule has 2 fully saturated rings. The number of carbonyl (C=O) groups is 2. The average Bonchev–Trinajstić information content (AvgIpc) is 2.38. The zero-order valence-electron chi connectivity index (χ0n) is 12.9. The topological polar surface area (TPSA) is 66.6 Å². The minimum Gasteiger partial charge on any atom is -0.342 e. The summed E-state index contributed by atoms with van der Waals surface area (Å²) >= 11 is 0. The molecule has 1 saturated heterocycles. The van der Waals surface area contributed by atoms with Crippen LogP contribution in [0.1, 0.15) is 46.0 Å². The summed E-state index contributed by atoms with van der Waals surface area (Å²) in [6, 6.07) is 0.138. The van der Waals surface area contributed by atoms with Crippen LogP contribution < -0.4 is 5.73 Å².